The van der Waals surface area contributed by atoms with Crippen molar-refractivity contribution in [2.75, 3.05) is 6.54 Å². The minimum absolute atomic E-state index is 0.421. The molecule has 2 nitrogen and oxygen atoms in total. The molecule has 0 rings (SSSR count). The molecule has 0 bridgehead atoms. The molecular formula is C2H7BNOP. The lowest BCUT2D eigenvalue weighted by Gasteiger charge is -1.98. The van der Waals surface area contributed by atoms with Crippen molar-refractivity contribution in [1.82, 2.24) is 5.09 Å². The Morgan fingerprint density at radius 3 is 2.50 bits per heavy atom. The lowest BCUT2D eigenvalue weighted by Crippen LogP contribution is -2.19. The van der Waals surface area contributed by atoms with Crippen LogP contribution in [-0.2, 0) is 0 Å². The molecule has 4 heteroatoms. The average molecular weight is 103 g/mol. The van der Waals surface area contributed by atoms with Gasteiger partial charge in [0.15, 0.2) is 0 Å². The van der Waals surface area contributed by atoms with Gasteiger partial charge >= 0.3 is 0 Å². The Kier molecular flexibility index (Phi) is 3.85. The minimum Gasteiger partial charge on any atom is -0.402 e. The van der Waals surface area contributed by atoms with Crippen LogP contribution < -0.4 is 5.09 Å². The molecule has 2 N–H and O–H groups in total. The van der Waals surface area contributed by atoms with Crippen LogP contribution in [0.4, 0.5) is 0 Å². The minimum atomic E-state index is -0.734. The first-order valence-corrected chi connectivity index (χ1v) is 2.22. The second-order valence-electron chi connectivity index (χ2n) is 0.976. The van der Waals surface area contributed by atoms with Crippen molar-refractivity contribution in [3.05, 3.63) is 0 Å². The summed E-state index contributed by atoms with van der Waals surface area (Å²) >= 11 is 0. The lowest BCUT2D eigenvalue weighted by molar-refractivity contribution is 0.260. The van der Waals surface area contributed by atoms with E-state index < -0.39 is 6.00 Å². The highest BCUT2D eigenvalue weighted by molar-refractivity contribution is 7.13. The highest BCUT2D eigenvalue weighted by Crippen LogP contribution is 1.70. The standard InChI is InChI=1S/C2H7BNOP/c3-2(5)1-4-6/h2,4-5H,1,6H2. The molecule has 0 spiro atoms. The number of nitrogens with one attached hydrogen (secondary N) is 1. The molecule has 34 valence electrons. The second kappa shape index (κ2) is 3.60. The Morgan fingerprint density at radius 2 is 2.50 bits per heavy atom. The monoisotopic (exact) mass is 103 g/mol. The normalized spacial score (nSPS) is 14.3. The molecule has 6 heavy (non-hydrogen) atoms. The lowest BCUT2D eigenvalue weighted by atomic mass is 10.0. The predicted molar refractivity (Wildman–Crippen MR) is 29.5 cm³/mol. The number of rotatable bonds is 2. The van der Waals surface area contributed by atoms with Crippen LogP contribution in [0.1, 0.15) is 0 Å². The third-order valence-electron chi connectivity index (χ3n) is 0.327. The Balaban J connectivity index is 2.63. The zero-order valence-corrected chi connectivity index (χ0v) is 4.54. The molecule has 2 atom stereocenters. The fourth-order valence-electron chi connectivity index (χ4n) is 0.121. The maximum Gasteiger partial charge on any atom is 0.110 e. The van der Waals surface area contributed by atoms with Gasteiger partial charge in [0.05, 0.1) is 0 Å². The number of hydrogen-bond acceptors (Lipinski definition) is 2. The Morgan fingerprint density at radius 1 is 2.00 bits per heavy atom. The summed E-state index contributed by atoms with van der Waals surface area (Å²) in [5.41, 5.74) is 0. The van der Waals surface area contributed by atoms with E-state index >= 15 is 0 Å². The second-order valence-corrected chi connectivity index (χ2v) is 1.38. The van der Waals surface area contributed by atoms with Crippen molar-refractivity contribution >= 4 is 17.2 Å². The summed E-state index contributed by atoms with van der Waals surface area (Å²) in [5, 5.41) is 10.9. The fourth-order valence-corrected chi connectivity index (χ4v) is 0.362. The van der Waals surface area contributed by atoms with E-state index in [-0.39, 0.29) is 0 Å². The molecule has 0 aliphatic rings. The zero-order valence-electron chi connectivity index (χ0n) is 3.39. The van der Waals surface area contributed by atoms with Gasteiger partial charge < -0.3 is 5.11 Å². The van der Waals surface area contributed by atoms with E-state index in [2.05, 4.69) is 14.5 Å². The van der Waals surface area contributed by atoms with Gasteiger partial charge in [0.2, 0.25) is 0 Å². The summed E-state index contributed by atoms with van der Waals surface area (Å²) < 4.78 is 0. The van der Waals surface area contributed by atoms with E-state index in [1.165, 1.54) is 0 Å². The SMILES string of the molecule is [B]C(O)CNP. The first-order chi connectivity index (χ1) is 2.77. The molecule has 0 amide bonds. The molecule has 0 saturated carbocycles. The molecule has 0 aromatic rings. The summed E-state index contributed by atoms with van der Waals surface area (Å²) in [6.45, 7) is 0.421. The molecule has 0 aliphatic carbocycles. The summed E-state index contributed by atoms with van der Waals surface area (Å²) in [4.78, 5) is 0. The summed E-state index contributed by atoms with van der Waals surface area (Å²) in [6.07, 6.45) is 0. The van der Waals surface area contributed by atoms with Crippen LogP contribution in [0.5, 0.6) is 0 Å². The van der Waals surface area contributed by atoms with Gasteiger partial charge in [-0.25, -0.2) is 0 Å². The van der Waals surface area contributed by atoms with Crippen molar-refractivity contribution in [2.24, 2.45) is 0 Å². The van der Waals surface area contributed by atoms with Crippen LogP contribution >= 0.6 is 9.39 Å². The molecule has 0 fully saturated rings. The highest BCUT2D eigenvalue weighted by Gasteiger charge is 1.86. The molecule has 0 saturated heterocycles. The molecule has 2 unspecified atom stereocenters. The van der Waals surface area contributed by atoms with Gasteiger partial charge in [-0.2, -0.15) is 0 Å². The first kappa shape index (κ1) is 6.41. The van der Waals surface area contributed by atoms with Gasteiger partial charge in [-0.05, 0) is 0 Å². The number of hydrogen-bond donors (Lipinski definition) is 2. The van der Waals surface area contributed by atoms with Crippen LogP contribution in [0.2, 0.25) is 0 Å². The fraction of sp³-hybridized carbons (Fsp3) is 1.00. The van der Waals surface area contributed by atoms with Crippen LogP contribution in [0.25, 0.3) is 0 Å². The van der Waals surface area contributed by atoms with Gasteiger partial charge in [-0.15, -0.1) is 0 Å². The highest BCUT2D eigenvalue weighted by atomic mass is 31.0. The molecule has 0 aromatic carbocycles. The van der Waals surface area contributed by atoms with Crippen molar-refractivity contribution in [2.45, 2.75) is 6.00 Å². The van der Waals surface area contributed by atoms with E-state index in [1.54, 1.807) is 0 Å². The van der Waals surface area contributed by atoms with Crippen LogP contribution in [0, 0.1) is 0 Å². The zero-order chi connectivity index (χ0) is 4.99. The van der Waals surface area contributed by atoms with Crippen molar-refractivity contribution in [1.29, 1.82) is 0 Å². The largest absolute Gasteiger partial charge is 0.402 e. The van der Waals surface area contributed by atoms with Gasteiger partial charge in [0, 0.05) is 12.5 Å². The third kappa shape index (κ3) is 4.41. The number of aliphatic hydroxyl groups is 1. The van der Waals surface area contributed by atoms with Crippen molar-refractivity contribution < 1.29 is 5.11 Å². The predicted octanol–water partition coefficient (Wildman–Crippen LogP) is -1.15. The Labute approximate surface area is 41.0 Å². The van der Waals surface area contributed by atoms with Crippen molar-refractivity contribution in [3.8, 4) is 0 Å². The van der Waals surface area contributed by atoms with Gasteiger partial charge in [-0.1, -0.05) is 9.39 Å². The van der Waals surface area contributed by atoms with Gasteiger partial charge in [0.1, 0.15) is 7.85 Å². The summed E-state index contributed by atoms with van der Waals surface area (Å²) in [7, 11) is 7.12. The van der Waals surface area contributed by atoms with Crippen molar-refractivity contribution in [3.63, 3.8) is 0 Å². The molecule has 0 heterocycles. The number of aliphatic hydroxyl groups excluding tert-OH is 1. The van der Waals surface area contributed by atoms with Gasteiger partial charge in [-0.3, -0.25) is 5.09 Å². The summed E-state index contributed by atoms with van der Waals surface area (Å²) in [6, 6.07) is -0.734. The van der Waals surface area contributed by atoms with Crippen LogP contribution in [-0.4, -0.2) is 25.5 Å². The van der Waals surface area contributed by atoms with E-state index in [9.17, 15) is 0 Å². The quantitative estimate of drug-likeness (QED) is 0.341. The van der Waals surface area contributed by atoms with Crippen LogP contribution in [0.3, 0.4) is 0 Å². The Bertz CT molecular complexity index is 34.7. The molecule has 0 aromatic heterocycles. The maximum atomic E-state index is 8.25. The van der Waals surface area contributed by atoms with Crippen LogP contribution in [0.15, 0.2) is 0 Å². The topological polar surface area (TPSA) is 32.3 Å². The average Bonchev–Trinajstić information content (AvgIpc) is 1.35. The summed E-state index contributed by atoms with van der Waals surface area (Å²) in [5.74, 6) is 0. The first-order valence-electron chi connectivity index (χ1n) is 1.64. The van der Waals surface area contributed by atoms with E-state index in [0.29, 0.717) is 6.54 Å². The Hall–Kier alpha value is 0.415. The van der Waals surface area contributed by atoms with E-state index in [1.807, 2.05) is 0 Å². The smallest absolute Gasteiger partial charge is 0.110 e. The van der Waals surface area contributed by atoms with E-state index in [4.69, 9.17) is 13.0 Å². The van der Waals surface area contributed by atoms with Gasteiger partial charge in [0.25, 0.3) is 0 Å². The molecular weight excluding hydrogens is 95.8 g/mol. The molecule has 2 radical (unpaired) electrons. The third-order valence-corrected chi connectivity index (χ3v) is 0.563. The van der Waals surface area contributed by atoms with E-state index in [0.717, 1.165) is 0 Å². The molecule has 0 aliphatic heterocycles. The maximum absolute atomic E-state index is 8.25.